The molecule has 2 aliphatic rings. The molecule has 0 radical (unpaired) electrons. The van der Waals surface area contributed by atoms with E-state index in [1.165, 1.54) is 6.92 Å². The Labute approximate surface area is 202 Å². The molecule has 2 aromatic rings. The van der Waals surface area contributed by atoms with Crippen LogP contribution in [0, 0.1) is 5.92 Å². The molecule has 2 aromatic heterocycles. The van der Waals surface area contributed by atoms with Crippen LogP contribution in [0.4, 0.5) is 5.95 Å². The van der Waals surface area contributed by atoms with Crippen molar-refractivity contribution >= 4 is 44.9 Å². The Morgan fingerprint density at radius 3 is 2.62 bits per heavy atom. The molecule has 2 saturated heterocycles. The number of fused-ring (bicyclic) bond motifs is 2. The minimum Gasteiger partial charge on any atom is -0.461 e. The fourth-order valence-electron chi connectivity index (χ4n) is 4.17. The highest BCUT2D eigenvalue weighted by atomic mass is 79.9. The van der Waals surface area contributed by atoms with Crippen LogP contribution < -0.4 is 16.6 Å². The molecule has 4 heterocycles. The van der Waals surface area contributed by atoms with Gasteiger partial charge in [0, 0.05) is 6.92 Å². The number of amides is 1. The molecule has 4 rings (SSSR count). The first-order valence-electron chi connectivity index (χ1n) is 10.8. The van der Waals surface area contributed by atoms with Crippen molar-refractivity contribution in [3.8, 4) is 0 Å². The van der Waals surface area contributed by atoms with E-state index in [2.05, 4.69) is 36.2 Å². The molecule has 0 unspecified atom stereocenters. The molecule has 14 heteroatoms. The predicted molar refractivity (Wildman–Crippen MR) is 121 cm³/mol. The molecule has 2 aliphatic heterocycles. The van der Waals surface area contributed by atoms with Gasteiger partial charge in [-0.25, -0.2) is 9.78 Å². The average Bonchev–Trinajstić information content (AvgIpc) is 3.32. The zero-order chi connectivity index (χ0) is 24.9. The number of aromatic amines is 1. The molecule has 0 aromatic carbocycles. The van der Waals surface area contributed by atoms with Gasteiger partial charge in [0.25, 0.3) is 5.56 Å². The van der Waals surface area contributed by atoms with Gasteiger partial charge in [0.2, 0.25) is 11.9 Å². The maximum atomic E-state index is 12.7. The molecule has 13 nitrogen and oxygen atoms in total. The van der Waals surface area contributed by atoms with Gasteiger partial charge < -0.3 is 30.0 Å². The summed E-state index contributed by atoms with van der Waals surface area (Å²) in [7, 11) is 0. The van der Waals surface area contributed by atoms with Crippen molar-refractivity contribution in [1.29, 1.82) is 0 Å². The van der Waals surface area contributed by atoms with Gasteiger partial charge >= 0.3 is 5.97 Å². The monoisotopic (exact) mass is 542 g/mol. The van der Waals surface area contributed by atoms with Crippen LogP contribution in [0.15, 0.2) is 9.53 Å². The minimum atomic E-state index is -0.928. The third-order valence-corrected chi connectivity index (χ3v) is 6.13. The Hall–Kier alpha value is -2.55. The number of esters is 1. The lowest BCUT2D eigenvalue weighted by atomic mass is 10.0. The summed E-state index contributed by atoms with van der Waals surface area (Å²) in [6.07, 6.45) is -2.71. The summed E-state index contributed by atoms with van der Waals surface area (Å²) in [6, 6.07) is -0.798. The number of nitrogen functional groups attached to an aromatic ring is 1. The van der Waals surface area contributed by atoms with Crippen LogP contribution in [0.1, 0.15) is 40.8 Å². The van der Waals surface area contributed by atoms with E-state index in [0.29, 0.717) is 0 Å². The van der Waals surface area contributed by atoms with Crippen LogP contribution in [0.2, 0.25) is 0 Å². The van der Waals surface area contributed by atoms with E-state index >= 15 is 0 Å². The van der Waals surface area contributed by atoms with Crippen LogP contribution in [-0.4, -0.2) is 68.1 Å². The standard InChI is InChI=1S/C20H27BrN6O7/c1-7(2)10(23-8(3)28)17(30)31-6-9-12-13(34-20(4,5)33-12)16(32-9)27-14-11(24-18(27)21)15(29)26-19(22)25-14/h7,9-10,12-13,16H,6H2,1-5H3,(H,23,28)(H3,22,25,26,29)/t9-,10+,12-,13-,16-/m1/s1. The zero-order valence-corrected chi connectivity index (χ0v) is 20.9. The Bertz CT molecular complexity index is 1180. The van der Waals surface area contributed by atoms with Crippen LogP contribution in [-0.2, 0) is 28.5 Å². The predicted octanol–water partition coefficient (Wildman–Crippen LogP) is 0.586. The van der Waals surface area contributed by atoms with Gasteiger partial charge in [-0.1, -0.05) is 13.8 Å². The molecule has 0 aliphatic carbocycles. The fraction of sp³-hybridized carbons (Fsp3) is 0.650. The third-order valence-electron chi connectivity index (χ3n) is 5.57. The number of hydrogen-bond acceptors (Lipinski definition) is 10. The van der Waals surface area contributed by atoms with Crippen molar-refractivity contribution in [2.24, 2.45) is 5.92 Å². The van der Waals surface area contributed by atoms with E-state index in [0.717, 1.165) is 0 Å². The quantitative estimate of drug-likeness (QED) is 0.346. The number of anilines is 1. The summed E-state index contributed by atoms with van der Waals surface area (Å²) < 4.78 is 25.7. The third kappa shape index (κ3) is 4.54. The number of carbonyl (C=O) groups is 2. The lowest BCUT2D eigenvalue weighted by Crippen LogP contribution is -2.45. The van der Waals surface area contributed by atoms with E-state index in [-0.39, 0.29) is 40.3 Å². The number of hydrogen-bond donors (Lipinski definition) is 3. The summed E-state index contributed by atoms with van der Waals surface area (Å²) in [6.45, 7) is 8.33. The first-order valence-corrected chi connectivity index (χ1v) is 11.6. The maximum absolute atomic E-state index is 12.7. The van der Waals surface area contributed by atoms with Crippen molar-refractivity contribution in [2.45, 2.75) is 71.0 Å². The molecular formula is C20H27BrN6O7. The number of halogens is 1. The summed E-state index contributed by atoms with van der Waals surface area (Å²) in [5.74, 6) is -2.09. The topological polar surface area (TPSA) is 173 Å². The van der Waals surface area contributed by atoms with Crippen molar-refractivity contribution in [3.63, 3.8) is 0 Å². The van der Waals surface area contributed by atoms with Gasteiger partial charge in [-0.3, -0.25) is 19.1 Å². The van der Waals surface area contributed by atoms with Gasteiger partial charge in [0.1, 0.15) is 31.0 Å². The van der Waals surface area contributed by atoms with E-state index < -0.39 is 47.9 Å². The number of H-pyrrole nitrogens is 1. The molecule has 0 bridgehead atoms. The molecule has 5 atom stereocenters. The highest BCUT2D eigenvalue weighted by Crippen LogP contribution is 2.44. The number of nitrogens with zero attached hydrogens (tertiary/aromatic N) is 3. The number of nitrogens with two attached hydrogens (primary N) is 1. The first kappa shape index (κ1) is 24.6. The average molecular weight is 543 g/mol. The van der Waals surface area contributed by atoms with E-state index in [9.17, 15) is 14.4 Å². The van der Waals surface area contributed by atoms with Crippen LogP contribution >= 0.6 is 15.9 Å². The van der Waals surface area contributed by atoms with Gasteiger partial charge in [0.15, 0.2) is 27.9 Å². The molecule has 0 saturated carbocycles. The van der Waals surface area contributed by atoms with E-state index in [1.807, 2.05) is 0 Å². The van der Waals surface area contributed by atoms with Crippen molar-refractivity contribution < 1.29 is 28.5 Å². The summed E-state index contributed by atoms with van der Waals surface area (Å²) in [5.41, 5.74) is 5.52. The first-order chi connectivity index (χ1) is 15.9. The molecule has 34 heavy (non-hydrogen) atoms. The Balaban J connectivity index is 1.61. The van der Waals surface area contributed by atoms with Crippen molar-refractivity contribution in [1.82, 2.24) is 24.8 Å². The van der Waals surface area contributed by atoms with Gasteiger partial charge in [-0.15, -0.1) is 0 Å². The molecule has 2 fully saturated rings. The van der Waals surface area contributed by atoms with E-state index in [4.69, 9.17) is 24.7 Å². The Morgan fingerprint density at radius 1 is 1.29 bits per heavy atom. The van der Waals surface area contributed by atoms with Gasteiger partial charge in [-0.2, -0.15) is 4.98 Å². The Morgan fingerprint density at radius 2 is 1.97 bits per heavy atom. The lowest BCUT2D eigenvalue weighted by Gasteiger charge is -2.25. The number of aromatic nitrogens is 4. The SMILES string of the molecule is CC(=O)N[C@H](C(=O)OC[C@H]1O[C@@H](n2c(Br)nc3c(=O)[nH]c(N)nc32)[C@@H]2OC(C)(C)O[C@@H]21)C(C)C. The summed E-state index contributed by atoms with van der Waals surface area (Å²) in [5, 5.41) is 2.60. The smallest absolute Gasteiger partial charge is 0.328 e. The molecular weight excluding hydrogens is 516 g/mol. The van der Waals surface area contributed by atoms with Gasteiger partial charge in [-0.05, 0) is 35.7 Å². The lowest BCUT2D eigenvalue weighted by molar-refractivity contribution is -0.202. The number of imidazole rings is 1. The Kier molecular flexibility index (Phi) is 6.44. The second kappa shape index (κ2) is 8.91. The highest BCUT2D eigenvalue weighted by molar-refractivity contribution is 9.10. The van der Waals surface area contributed by atoms with Crippen molar-refractivity contribution in [3.05, 3.63) is 15.1 Å². The number of nitrogens with one attached hydrogen (secondary N) is 2. The van der Waals surface area contributed by atoms with Gasteiger partial charge in [0.05, 0.1) is 0 Å². The normalized spacial score (nSPS) is 26.6. The molecule has 4 N–H and O–H groups in total. The number of ether oxygens (including phenoxy) is 4. The molecule has 186 valence electrons. The van der Waals surface area contributed by atoms with Crippen LogP contribution in [0.3, 0.4) is 0 Å². The minimum absolute atomic E-state index is 0.0735. The summed E-state index contributed by atoms with van der Waals surface area (Å²) in [4.78, 5) is 47.3. The maximum Gasteiger partial charge on any atom is 0.328 e. The largest absolute Gasteiger partial charge is 0.461 e. The number of rotatable bonds is 6. The molecule has 1 amide bonds. The second-order valence-electron chi connectivity index (χ2n) is 9.06. The highest BCUT2D eigenvalue weighted by Gasteiger charge is 2.57. The fourth-order valence-corrected chi connectivity index (χ4v) is 4.72. The number of carbonyl (C=O) groups excluding carboxylic acids is 2. The van der Waals surface area contributed by atoms with Crippen LogP contribution in [0.5, 0.6) is 0 Å². The van der Waals surface area contributed by atoms with Crippen molar-refractivity contribution in [2.75, 3.05) is 12.3 Å². The summed E-state index contributed by atoms with van der Waals surface area (Å²) >= 11 is 3.36. The zero-order valence-electron chi connectivity index (χ0n) is 19.3. The van der Waals surface area contributed by atoms with Crippen LogP contribution in [0.25, 0.3) is 11.2 Å². The molecule has 0 spiro atoms. The van der Waals surface area contributed by atoms with E-state index in [1.54, 1.807) is 32.3 Å². The second-order valence-corrected chi connectivity index (χ2v) is 9.77.